The molecule has 16 nitrogen and oxygen atoms in total. The molecule has 4 atom stereocenters. The van der Waals surface area contributed by atoms with Crippen molar-refractivity contribution in [1.82, 2.24) is 25.9 Å². The minimum absolute atomic E-state index is 0.173. The van der Waals surface area contributed by atoms with E-state index in [0.717, 1.165) is 0 Å². The number of aliphatic hydroxyl groups is 1. The molecule has 34 heavy (non-hydrogen) atoms. The van der Waals surface area contributed by atoms with Crippen LogP contribution in [0.1, 0.15) is 25.0 Å². The number of rotatable bonds is 15. The Morgan fingerprint density at radius 2 is 1.53 bits per heavy atom. The summed E-state index contributed by atoms with van der Waals surface area (Å²) in [5, 5.41) is 25.0. The predicted octanol–water partition coefficient (Wildman–Crippen LogP) is -5.05. The van der Waals surface area contributed by atoms with Crippen molar-refractivity contribution in [3.63, 3.8) is 0 Å². The van der Waals surface area contributed by atoms with Gasteiger partial charge in [0.2, 0.25) is 29.5 Å². The number of nitrogens with one attached hydrogen (secondary N) is 4. The van der Waals surface area contributed by atoms with Gasteiger partial charge >= 0.3 is 5.97 Å². The summed E-state index contributed by atoms with van der Waals surface area (Å²) in [4.78, 5) is 77.9. The molecule has 0 fully saturated rings. The van der Waals surface area contributed by atoms with Gasteiger partial charge in [0.1, 0.15) is 24.2 Å². The van der Waals surface area contributed by atoms with Crippen LogP contribution in [0.3, 0.4) is 0 Å². The van der Waals surface area contributed by atoms with Crippen molar-refractivity contribution in [2.24, 2.45) is 17.2 Å². The number of primary amides is 2. The molecule has 0 bridgehead atoms. The molecule has 0 saturated carbocycles. The lowest BCUT2D eigenvalue weighted by molar-refractivity contribution is -0.142. The van der Waals surface area contributed by atoms with Gasteiger partial charge in [-0.1, -0.05) is 0 Å². The Balaban J connectivity index is 3.06. The zero-order chi connectivity index (χ0) is 25.8. The van der Waals surface area contributed by atoms with Crippen molar-refractivity contribution in [2.75, 3.05) is 6.61 Å². The van der Waals surface area contributed by atoms with Crippen LogP contribution in [0.15, 0.2) is 12.5 Å². The third-order valence-corrected chi connectivity index (χ3v) is 4.48. The highest BCUT2D eigenvalue weighted by Crippen LogP contribution is 2.04. The highest BCUT2D eigenvalue weighted by Gasteiger charge is 2.31. The molecule has 0 aliphatic rings. The number of carboxylic acids is 1. The lowest BCUT2D eigenvalue weighted by Gasteiger charge is -2.24. The van der Waals surface area contributed by atoms with Gasteiger partial charge in [0.25, 0.3) is 0 Å². The van der Waals surface area contributed by atoms with Crippen LogP contribution in [0.5, 0.6) is 0 Å². The number of amides is 5. The van der Waals surface area contributed by atoms with Gasteiger partial charge in [-0.15, -0.1) is 0 Å². The molecule has 0 spiro atoms. The number of H-pyrrole nitrogens is 1. The van der Waals surface area contributed by atoms with Gasteiger partial charge in [-0.3, -0.25) is 24.0 Å². The third-order valence-electron chi connectivity index (χ3n) is 4.48. The first kappa shape index (κ1) is 28.0. The Hall–Kier alpha value is -4.05. The van der Waals surface area contributed by atoms with Crippen LogP contribution in [0.25, 0.3) is 0 Å². The Kier molecular flexibility index (Phi) is 11.1. The number of nitrogens with two attached hydrogens (primary N) is 3. The normalized spacial score (nSPS) is 14.2. The Bertz CT molecular complexity index is 891. The maximum absolute atomic E-state index is 12.8. The van der Waals surface area contributed by atoms with E-state index < -0.39 is 72.7 Å². The SMILES string of the molecule is NC(=O)CCC(NC(=O)C(Cc1cnc[nH]1)NC(=O)C(CC(N)=O)NC(=O)C(N)CO)C(=O)O. The van der Waals surface area contributed by atoms with E-state index in [9.17, 15) is 33.9 Å². The number of carbonyl (C=O) groups is 6. The van der Waals surface area contributed by atoms with Crippen LogP contribution in [-0.4, -0.2) is 86.5 Å². The molecule has 5 amide bonds. The van der Waals surface area contributed by atoms with Crippen LogP contribution in [0.4, 0.5) is 0 Å². The van der Waals surface area contributed by atoms with Crippen molar-refractivity contribution in [1.29, 1.82) is 0 Å². The van der Waals surface area contributed by atoms with Crippen LogP contribution in [0, 0.1) is 0 Å². The summed E-state index contributed by atoms with van der Waals surface area (Å²) >= 11 is 0. The van der Waals surface area contributed by atoms with Gasteiger partial charge < -0.3 is 48.3 Å². The summed E-state index contributed by atoms with van der Waals surface area (Å²) in [6, 6.07) is -5.79. The molecule has 12 N–H and O–H groups in total. The molecular formula is C18H28N8O8. The van der Waals surface area contributed by atoms with Crippen molar-refractivity contribution in [2.45, 2.75) is 49.9 Å². The average Bonchev–Trinajstić information content (AvgIpc) is 3.27. The largest absolute Gasteiger partial charge is 0.480 e. The van der Waals surface area contributed by atoms with Crippen LogP contribution in [-0.2, 0) is 35.2 Å². The quantitative estimate of drug-likeness (QED) is 0.114. The maximum atomic E-state index is 12.8. The molecule has 16 heteroatoms. The fourth-order valence-corrected chi connectivity index (χ4v) is 2.69. The number of hydrogen-bond acceptors (Lipinski definition) is 9. The van der Waals surface area contributed by atoms with E-state index in [1.807, 2.05) is 0 Å². The van der Waals surface area contributed by atoms with Crippen molar-refractivity contribution < 1.29 is 39.0 Å². The van der Waals surface area contributed by atoms with Gasteiger partial charge in [-0.05, 0) is 6.42 Å². The molecule has 1 aromatic rings. The van der Waals surface area contributed by atoms with Gasteiger partial charge in [0.15, 0.2) is 0 Å². The number of carboxylic acid groups (broad SMARTS) is 1. The zero-order valence-electron chi connectivity index (χ0n) is 18.0. The standard InChI is InChI=1S/C18H28N8O8/c19-9(6-27)15(30)25-12(4-14(21)29)17(32)26-11(3-8-5-22-7-23-8)16(31)24-10(18(33)34)1-2-13(20)28/h5,7,9-12,27H,1-4,6,19H2,(H2,20,28)(H2,21,29)(H,22,23)(H,24,31)(H,25,30)(H,26,32)(H,33,34). The number of carbonyl (C=O) groups excluding carboxylic acids is 5. The molecule has 0 aliphatic carbocycles. The monoisotopic (exact) mass is 484 g/mol. The first-order chi connectivity index (χ1) is 15.9. The number of aliphatic carboxylic acids is 1. The van der Waals surface area contributed by atoms with E-state index >= 15 is 0 Å². The molecule has 0 radical (unpaired) electrons. The van der Waals surface area contributed by atoms with Crippen molar-refractivity contribution in [3.05, 3.63) is 18.2 Å². The third kappa shape index (κ3) is 9.61. The maximum Gasteiger partial charge on any atom is 0.326 e. The highest BCUT2D eigenvalue weighted by molar-refractivity contribution is 5.96. The zero-order valence-corrected chi connectivity index (χ0v) is 18.0. The second-order valence-corrected chi connectivity index (χ2v) is 7.27. The second-order valence-electron chi connectivity index (χ2n) is 7.27. The van der Waals surface area contributed by atoms with E-state index in [1.54, 1.807) is 0 Å². The number of imidazole rings is 1. The Morgan fingerprint density at radius 1 is 0.941 bits per heavy atom. The van der Waals surface area contributed by atoms with Gasteiger partial charge in [-0.2, -0.15) is 0 Å². The number of hydrogen-bond donors (Lipinski definition) is 9. The molecule has 4 unspecified atom stereocenters. The molecule has 0 aromatic carbocycles. The topological polar surface area (TPSA) is 286 Å². The second kappa shape index (κ2) is 13.5. The summed E-state index contributed by atoms with van der Waals surface area (Å²) < 4.78 is 0. The minimum Gasteiger partial charge on any atom is -0.480 e. The Labute approximate surface area is 193 Å². The summed E-state index contributed by atoms with van der Waals surface area (Å²) in [5.74, 6) is -6.04. The summed E-state index contributed by atoms with van der Waals surface area (Å²) in [5.41, 5.74) is 15.9. The minimum atomic E-state index is -1.54. The van der Waals surface area contributed by atoms with E-state index in [1.165, 1.54) is 12.5 Å². The number of aliphatic hydroxyl groups excluding tert-OH is 1. The van der Waals surface area contributed by atoms with Gasteiger partial charge in [-0.25, -0.2) is 9.78 Å². The van der Waals surface area contributed by atoms with Crippen LogP contribution >= 0.6 is 0 Å². The fourth-order valence-electron chi connectivity index (χ4n) is 2.69. The van der Waals surface area contributed by atoms with Crippen LogP contribution < -0.4 is 33.2 Å². The van der Waals surface area contributed by atoms with Gasteiger partial charge in [0, 0.05) is 24.7 Å². The molecule has 1 heterocycles. The molecule has 0 saturated heterocycles. The molecule has 188 valence electrons. The van der Waals surface area contributed by atoms with Crippen molar-refractivity contribution in [3.8, 4) is 0 Å². The summed E-state index contributed by atoms with van der Waals surface area (Å²) in [6.45, 7) is -0.733. The Morgan fingerprint density at radius 3 is 2.03 bits per heavy atom. The summed E-state index contributed by atoms with van der Waals surface area (Å²) in [7, 11) is 0. The molecular weight excluding hydrogens is 456 g/mol. The predicted molar refractivity (Wildman–Crippen MR) is 113 cm³/mol. The van der Waals surface area contributed by atoms with E-state index in [2.05, 4.69) is 25.9 Å². The van der Waals surface area contributed by atoms with E-state index in [0.29, 0.717) is 5.69 Å². The highest BCUT2D eigenvalue weighted by atomic mass is 16.4. The first-order valence-corrected chi connectivity index (χ1v) is 9.98. The summed E-state index contributed by atoms with van der Waals surface area (Å²) in [6.07, 6.45) is 1.24. The molecule has 0 aliphatic heterocycles. The smallest absolute Gasteiger partial charge is 0.326 e. The van der Waals surface area contributed by atoms with Crippen molar-refractivity contribution >= 4 is 35.5 Å². The van der Waals surface area contributed by atoms with Gasteiger partial charge in [0.05, 0.1) is 19.4 Å². The fraction of sp³-hybridized carbons (Fsp3) is 0.500. The lowest BCUT2D eigenvalue weighted by atomic mass is 10.1. The lowest BCUT2D eigenvalue weighted by Crippen LogP contribution is -2.58. The number of aromatic amines is 1. The van der Waals surface area contributed by atoms with Crippen LogP contribution in [0.2, 0.25) is 0 Å². The average molecular weight is 484 g/mol. The number of aromatic nitrogens is 2. The van der Waals surface area contributed by atoms with E-state index in [-0.39, 0.29) is 19.3 Å². The van der Waals surface area contributed by atoms with E-state index in [4.69, 9.17) is 22.3 Å². The molecule has 1 rings (SSSR count). The molecule has 1 aromatic heterocycles. The first-order valence-electron chi connectivity index (χ1n) is 9.98. The number of nitrogens with zero attached hydrogens (tertiary/aromatic N) is 1.